The summed E-state index contributed by atoms with van der Waals surface area (Å²) < 4.78 is 30.8. The van der Waals surface area contributed by atoms with Gasteiger partial charge in [-0.25, -0.2) is 13.2 Å². The van der Waals surface area contributed by atoms with Gasteiger partial charge >= 0.3 is 6.09 Å². The summed E-state index contributed by atoms with van der Waals surface area (Å²) in [5.41, 5.74) is -0.510. The molecule has 1 aromatic carbocycles. The van der Waals surface area contributed by atoms with Crippen molar-refractivity contribution in [3.05, 3.63) is 28.7 Å². The maximum absolute atomic E-state index is 12.6. The summed E-state index contributed by atoms with van der Waals surface area (Å²) in [4.78, 5) is 10.2. The summed E-state index contributed by atoms with van der Waals surface area (Å²) >= 11 is 3.20. The van der Waals surface area contributed by atoms with Crippen molar-refractivity contribution in [3.8, 4) is 0 Å². The Morgan fingerprint density at radius 3 is 2.14 bits per heavy atom. The maximum atomic E-state index is 12.6. The van der Waals surface area contributed by atoms with Gasteiger partial charge < -0.3 is 10.1 Å². The normalized spacial score (nSPS) is 12.9. The Labute approximate surface area is 134 Å². The number of benzene rings is 1. The van der Waals surface area contributed by atoms with Crippen molar-refractivity contribution in [2.75, 3.05) is 0 Å². The van der Waals surface area contributed by atoms with Crippen LogP contribution in [0.4, 0.5) is 4.79 Å². The van der Waals surface area contributed by atoms with Gasteiger partial charge in [-0.05, 0) is 62.7 Å². The molecule has 1 aromatic rings. The zero-order chi connectivity index (χ0) is 16.5. The lowest BCUT2D eigenvalue weighted by Gasteiger charge is -2.28. The molecule has 1 rings (SSSR count). The van der Waals surface area contributed by atoms with Crippen molar-refractivity contribution in [2.45, 2.75) is 50.0 Å². The van der Waals surface area contributed by atoms with Gasteiger partial charge in [0.1, 0.15) is 0 Å². The van der Waals surface area contributed by atoms with E-state index in [9.17, 15) is 13.2 Å². The minimum absolute atomic E-state index is 0.0820. The number of halogens is 1. The van der Waals surface area contributed by atoms with Gasteiger partial charge in [-0.2, -0.15) is 0 Å². The van der Waals surface area contributed by atoms with Crippen LogP contribution < -0.4 is 5.32 Å². The molecule has 0 radical (unpaired) electrons. The first-order valence-corrected chi connectivity index (χ1v) is 8.65. The summed E-state index contributed by atoms with van der Waals surface area (Å²) in [6, 6.07) is 6.41. The number of carbonyl (C=O) groups is 1. The Kier molecular flexibility index (Phi) is 5.10. The molecule has 0 aromatic heterocycles. The molecule has 1 N–H and O–H groups in total. The average molecular weight is 378 g/mol. The highest BCUT2D eigenvalue weighted by atomic mass is 79.9. The zero-order valence-corrected chi connectivity index (χ0v) is 15.1. The van der Waals surface area contributed by atoms with Crippen LogP contribution in [0.1, 0.15) is 34.6 Å². The van der Waals surface area contributed by atoms with Crippen LogP contribution in [0, 0.1) is 0 Å². The standard InChI is InChI=1S/C14H20BrNO4S/c1-13(2,3)16-12(17)20-14(4,5)21(18,19)11-9-7-6-8-10(11)15/h6-9H,1-5H3,(H,16,17). The van der Waals surface area contributed by atoms with Crippen LogP contribution in [0.5, 0.6) is 0 Å². The third kappa shape index (κ3) is 4.44. The summed E-state index contributed by atoms with van der Waals surface area (Å²) in [7, 11) is -3.85. The molecule has 7 heteroatoms. The summed E-state index contributed by atoms with van der Waals surface area (Å²) in [5, 5.41) is 2.58. The number of carbonyl (C=O) groups excluding carboxylic acids is 1. The van der Waals surface area contributed by atoms with Crippen molar-refractivity contribution in [2.24, 2.45) is 0 Å². The second-order valence-corrected chi connectivity index (χ2v) is 9.38. The molecule has 0 atom stereocenters. The molecule has 0 saturated heterocycles. The number of sulfone groups is 1. The molecule has 0 unspecified atom stereocenters. The SMILES string of the molecule is CC(C)(C)NC(=O)OC(C)(C)S(=O)(=O)c1ccccc1Br. The van der Waals surface area contributed by atoms with E-state index in [1.54, 1.807) is 39.0 Å². The minimum Gasteiger partial charge on any atom is -0.427 e. The minimum atomic E-state index is -3.85. The average Bonchev–Trinajstić information content (AvgIpc) is 2.25. The third-order valence-electron chi connectivity index (χ3n) is 2.59. The van der Waals surface area contributed by atoms with E-state index in [0.717, 1.165) is 0 Å². The highest BCUT2D eigenvalue weighted by Gasteiger charge is 2.41. The van der Waals surface area contributed by atoms with E-state index >= 15 is 0 Å². The molecule has 118 valence electrons. The second-order valence-electron chi connectivity index (χ2n) is 6.10. The van der Waals surface area contributed by atoms with Gasteiger partial charge in [-0.3, -0.25) is 0 Å². The molecule has 0 heterocycles. The van der Waals surface area contributed by atoms with Gasteiger partial charge in [0.2, 0.25) is 14.8 Å². The fourth-order valence-electron chi connectivity index (χ4n) is 1.54. The Hall–Kier alpha value is -1.08. The van der Waals surface area contributed by atoms with Crippen molar-refractivity contribution >= 4 is 31.9 Å². The largest absolute Gasteiger partial charge is 0.427 e. The van der Waals surface area contributed by atoms with Crippen LogP contribution in [0.2, 0.25) is 0 Å². The molecule has 0 spiro atoms. The second kappa shape index (κ2) is 5.96. The predicted molar refractivity (Wildman–Crippen MR) is 84.8 cm³/mol. The van der Waals surface area contributed by atoms with Gasteiger partial charge in [0.25, 0.3) is 0 Å². The molecule has 0 bridgehead atoms. The van der Waals surface area contributed by atoms with Gasteiger partial charge in [0.15, 0.2) is 0 Å². The van der Waals surface area contributed by atoms with Crippen LogP contribution in [-0.2, 0) is 14.6 Å². The Bertz CT molecular complexity index is 633. The lowest BCUT2D eigenvalue weighted by Crippen LogP contribution is -2.46. The van der Waals surface area contributed by atoms with Gasteiger partial charge in [0, 0.05) is 10.0 Å². The summed E-state index contributed by atoms with van der Waals surface area (Å²) in [5.74, 6) is 0. The lowest BCUT2D eigenvalue weighted by atomic mass is 10.1. The fourth-order valence-corrected chi connectivity index (χ4v) is 3.76. The molecule has 0 aliphatic carbocycles. The summed E-state index contributed by atoms with van der Waals surface area (Å²) in [6.07, 6.45) is -0.775. The number of rotatable bonds is 3. The Balaban J connectivity index is 3.07. The molecule has 1 amide bonds. The van der Waals surface area contributed by atoms with E-state index in [1.165, 1.54) is 19.9 Å². The molecule has 0 saturated carbocycles. The van der Waals surface area contributed by atoms with Gasteiger partial charge in [-0.15, -0.1) is 0 Å². The molecule has 21 heavy (non-hydrogen) atoms. The van der Waals surface area contributed by atoms with E-state index in [1.807, 2.05) is 0 Å². The van der Waals surface area contributed by atoms with Crippen molar-refractivity contribution in [1.82, 2.24) is 5.32 Å². The molecular weight excluding hydrogens is 358 g/mol. The highest BCUT2D eigenvalue weighted by molar-refractivity contribution is 9.10. The summed E-state index contributed by atoms with van der Waals surface area (Å²) in [6.45, 7) is 8.05. The van der Waals surface area contributed by atoms with E-state index in [-0.39, 0.29) is 4.90 Å². The molecular formula is C14H20BrNO4S. The van der Waals surface area contributed by atoms with E-state index in [0.29, 0.717) is 4.47 Å². The topological polar surface area (TPSA) is 72.5 Å². The zero-order valence-electron chi connectivity index (χ0n) is 12.7. The molecule has 5 nitrogen and oxygen atoms in total. The van der Waals surface area contributed by atoms with Crippen LogP contribution in [0.3, 0.4) is 0 Å². The first-order valence-electron chi connectivity index (χ1n) is 6.37. The maximum Gasteiger partial charge on any atom is 0.409 e. The quantitative estimate of drug-likeness (QED) is 0.874. The van der Waals surface area contributed by atoms with Gasteiger partial charge in [-0.1, -0.05) is 12.1 Å². The molecule has 0 aliphatic rings. The smallest absolute Gasteiger partial charge is 0.409 e. The number of alkyl carbamates (subject to hydrolysis) is 1. The van der Waals surface area contributed by atoms with Crippen LogP contribution >= 0.6 is 15.9 Å². The Morgan fingerprint density at radius 2 is 1.67 bits per heavy atom. The number of amides is 1. The van der Waals surface area contributed by atoms with Crippen molar-refractivity contribution in [1.29, 1.82) is 0 Å². The predicted octanol–water partition coefficient (Wildman–Crippen LogP) is 3.48. The number of hydrogen-bond donors (Lipinski definition) is 1. The van der Waals surface area contributed by atoms with E-state index < -0.39 is 26.4 Å². The van der Waals surface area contributed by atoms with Crippen molar-refractivity contribution < 1.29 is 17.9 Å². The number of ether oxygens (including phenoxy) is 1. The lowest BCUT2D eigenvalue weighted by molar-refractivity contribution is 0.0847. The van der Waals surface area contributed by atoms with E-state index in [4.69, 9.17) is 4.74 Å². The van der Waals surface area contributed by atoms with Gasteiger partial charge in [0.05, 0.1) is 4.90 Å². The van der Waals surface area contributed by atoms with E-state index in [2.05, 4.69) is 21.2 Å². The first-order chi connectivity index (χ1) is 9.37. The van der Waals surface area contributed by atoms with Crippen LogP contribution in [-0.4, -0.2) is 25.0 Å². The molecule has 0 fully saturated rings. The van der Waals surface area contributed by atoms with Crippen LogP contribution in [0.25, 0.3) is 0 Å². The first kappa shape index (κ1) is 18.0. The molecule has 0 aliphatic heterocycles. The fraction of sp³-hybridized carbons (Fsp3) is 0.500. The monoisotopic (exact) mass is 377 g/mol. The third-order valence-corrected chi connectivity index (χ3v) is 5.86. The highest BCUT2D eigenvalue weighted by Crippen LogP contribution is 2.31. The van der Waals surface area contributed by atoms with Crippen LogP contribution in [0.15, 0.2) is 33.6 Å². The Morgan fingerprint density at radius 1 is 1.14 bits per heavy atom. The number of nitrogens with one attached hydrogen (secondary N) is 1. The number of hydrogen-bond acceptors (Lipinski definition) is 4. The van der Waals surface area contributed by atoms with Crippen molar-refractivity contribution in [3.63, 3.8) is 0 Å².